The van der Waals surface area contributed by atoms with Crippen LogP contribution in [0.3, 0.4) is 0 Å². The number of aromatic nitrogens is 3. The van der Waals surface area contributed by atoms with Gasteiger partial charge in [0.2, 0.25) is 0 Å². The van der Waals surface area contributed by atoms with E-state index in [-0.39, 0.29) is 52.7 Å². The van der Waals surface area contributed by atoms with E-state index in [1.54, 1.807) is 0 Å². The topological polar surface area (TPSA) is 94.0 Å². The SMILES string of the molecule is CCS(=O)(=O)c1ccc(CNC(=O)c2nc(C3(C(F)(F)F)CC3)n(Cc3ccccc3C(F)(F)F)c2C)nc1. The fraction of sp³-hybridized carbons (Fsp3) is 0.400. The molecule has 1 aliphatic carbocycles. The molecule has 0 bridgehead atoms. The number of nitrogens with zero attached hydrogens (tertiary/aromatic N) is 3. The fourth-order valence-electron chi connectivity index (χ4n) is 4.29. The van der Waals surface area contributed by atoms with Crippen molar-refractivity contribution in [2.75, 3.05) is 5.75 Å². The minimum absolute atomic E-state index is 0.000302. The molecule has 0 radical (unpaired) electrons. The molecule has 3 aromatic rings. The number of carbonyl (C=O) groups is 1. The summed E-state index contributed by atoms with van der Waals surface area (Å²) < 4.78 is 108. The molecule has 0 spiro atoms. The van der Waals surface area contributed by atoms with Crippen molar-refractivity contribution in [3.63, 3.8) is 0 Å². The van der Waals surface area contributed by atoms with E-state index in [9.17, 15) is 39.6 Å². The first-order valence-electron chi connectivity index (χ1n) is 11.9. The van der Waals surface area contributed by atoms with Gasteiger partial charge in [-0.25, -0.2) is 13.4 Å². The second-order valence-electron chi connectivity index (χ2n) is 9.26. The Kier molecular flexibility index (Phi) is 7.30. The average Bonchev–Trinajstić information content (AvgIpc) is 3.63. The molecule has 2 heterocycles. The summed E-state index contributed by atoms with van der Waals surface area (Å²) in [4.78, 5) is 21.0. The van der Waals surface area contributed by atoms with E-state index in [1.807, 2.05) is 0 Å². The second kappa shape index (κ2) is 9.96. The highest BCUT2D eigenvalue weighted by atomic mass is 32.2. The Morgan fingerprint density at radius 3 is 2.28 bits per heavy atom. The van der Waals surface area contributed by atoms with E-state index in [1.165, 1.54) is 44.2 Å². The normalized spacial score (nSPS) is 15.3. The van der Waals surface area contributed by atoms with Crippen LogP contribution in [0.15, 0.2) is 47.5 Å². The summed E-state index contributed by atoms with van der Waals surface area (Å²) in [5.74, 6) is -1.48. The largest absolute Gasteiger partial charge is 0.416 e. The van der Waals surface area contributed by atoms with Crippen molar-refractivity contribution < 1.29 is 39.6 Å². The number of hydrogen-bond acceptors (Lipinski definition) is 5. The number of hydrogen-bond donors (Lipinski definition) is 1. The zero-order valence-corrected chi connectivity index (χ0v) is 21.6. The molecule has 1 amide bonds. The molecule has 0 saturated heterocycles. The molecule has 14 heteroatoms. The summed E-state index contributed by atoms with van der Waals surface area (Å²) in [6.07, 6.45) is -8.91. The van der Waals surface area contributed by atoms with Gasteiger partial charge in [-0.3, -0.25) is 9.78 Å². The highest BCUT2D eigenvalue weighted by molar-refractivity contribution is 7.91. The van der Waals surface area contributed by atoms with Crippen molar-refractivity contribution in [1.82, 2.24) is 19.9 Å². The maximum Gasteiger partial charge on any atom is 0.416 e. The van der Waals surface area contributed by atoms with Gasteiger partial charge in [-0.15, -0.1) is 0 Å². The number of imidazole rings is 1. The lowest BCUT2D eigenvalue weighted by Crippen LogP contribution is -2.32. The third-order valence-corrected chi connectivity index (χ3v) is 8.49. The molecule has 0 atom stereocenters. The van der Waals surface area contributed by atoms with Crippen LogP contribution in [-0.4, -0.2) is 40.8 Å². The van der Waals surface area contributed by atoms with Crippen LogP contribution in [0.2, 0.25) is 0 Å². The first-order chi connectivity index (χ1) is 18.1. The molecule has 1 aromatic carbocycles. The van der Waals surface area contributed by atoms with Gasteiger partial charge in [-0.2, -0.15) is 26.3 Å². The molecule has 4 rings (SSSR count). The van der Waals surface area contributed by atoms with E-state index in [0.29, 0.717) is 0 Å². The Balaban J connectivity index is 1.66. The van der Waals surface area contributed by atoms with E-state index >= 15 is 0 Å². The maximum atomic E-state index is 14.0. The van der Waals surface area contributed by atoms with E-state index in [0.717, 1.165) is 16.8 Å². The van der Waals surface area contributed by atoms with Crippen LogP contribution in [0, 0.1) is 6.92 Å². The Morgan fingerprint density at radius 2 is 1.74 bits per heavy atom. The molecular weight excluding hydrogens is 550 g/mol. The lowest BCUT2D eigenvalue weighted by molar-refractivity contribution is -0.163. The van der Waals surface area contributed by atoms with Crippen molar-refractivity contribution >= 4 is 15.7 Å². The maximum absolute atomic E-state index is 14.0. The van der Waals surface area contributed by atoms with Gasteiger partial charge in [0, 0.05) is 18.4 Å². The van der Waals surface area contributed by atoms with Crippen molar-refractivity contribution in [2.45, 2.75) is 62.4 Å². The van der Waals surface area contributed by atoms with Gasteiger partial charge >= 0.3 is 12.4 Å². The number of halogens is 6. The third-order valence-electron chi connectivity index (χ3n) is 6.77. The van der Waals surface area contributed by atoms with Gasteiger partial charge < -0.3 is 9.88 Å². The molecule has 1 aliphatic rings. The van der Waals surface area contributed by atoms with Crippen molar-refractivity contribution in [3.05, 3.63) is 76.6 Å². The summed E-state index contributed by atoms with van der Waals surface area (Å²) in [6.45, 7) is 2.06. The van der Waals surface area contributed by atoms with Gasteiger partial charge in [0.05, 0.1) is 28.5 Å². The second-order valence-corrected chi connectivity index (χ2v) is 11.5. The van der Waals surface area contributed by atoms with Gasteiger partial charge in [0.15, 0.2) is 9.84 Å². The number of amides is 1. The van der Waals surface area contributed by atoms with Crippen LogP contribution in [-0.2, 0) is 34.5 Å². The van der Waals surface area contributed by atoms with Crippen LogP contribution in [0.25, 0.3) is 0 Å². The first kappa shape index (κ1) is 28.6. The van der Waals surface area contributed by atoms with Crippen LogP contribution < -0.4 is 5.32 Å². The number of carbonyl (C=O) groups excluding carboxylic acids is 1. The quantitative estimate of drug-likeness (QED) is 0.384. The van der Waals surface area contributed by atoms with Crippen molar-refractivity contribution in [1.29, 1.82) is 0 Å². The van der Waals surface area contributed by atoms with Gasteiger partial charge in [-0.1, -0.05) is 25.1 Å². The highest BCUT2D eigenvalue weighted by Gasteiger charge is 2.67. The molecule has 0 unspecified atom stereocenters. The Morgan fingerprint density at radius 1 is 1.08 bits per heavy atom. The monoisotopic (exact) mass is 574 g/mol. The molecule has 7 nitrogen and oxygen atoms in total. The fourth-order valence-corrected chi connectivity index (χ4v) is 5.11. The molecule has 2 aromatic heterocycles. The highest BCUT2D eigenvalue weighted by Crippen LogP contribution is 2.58. The Labute approximate surface area is 220 Å². The number of rotatable bonds is 8. The molecule has 0 aliphatic heterocycles. The summed E-state index contributed by atoms with van der Waals surface area (Å²) in [7, 11) is -3.48. The smallest absolute Gasteiger partial charge is 0.345 e. The van der Waals surface area contributed by atoms with Crippen LogP contribution in [0.4, 0.5) is 26.3 Å². The molecule has 39 heavy (non-hydrogen) atoms. The third kappa shape index (κ3) is 5.52. The predicted octanol–water partition coefficient (Wildman–Crippen LogP) is 4.97. The molecule has 210 valence electrons. The number of sulfone groups is 1. The van der Waals surface area contributed by atoms with Gasteiger partial charge in [0.25, 0.3) is 5.91 Å². The van der Waals surface area contributed by atoms with E-state index < -0.39 is 51.4 Å². The Hall–Kier alpha value is -3.42. The van der Waals surface area contributed by atoms with Crippen LogP contribution in [0.1, 0.15) is 58.6 Å². The van der Waals surface area contributed by atoms with Gasteiger partial charge in [-0.05, 0) is 43.5 Å². The summed E-state index contributed by atoms with van der Waals surface area (Å²) in [5.41, 5.74) is -3.70. The zero-order valence-electron chi connectivity index (χ0n) is 20.8. The number of nitrogens with one attached hydrogen (secondary N) is 1. The lowest BCUT2D eigenvalue weighted by Gasteiger charge is -2.22. The summed E-state index contributed by atoms with van der Waals surface area (Å²) in [5, 5.41) is 2.49. The van der Waals surface area contributed by atoms with E-state index in [4.69, 9.17) is 0 Å². The Bertz CT molecular complexity index is 1490. The number of pyridine rings is 1. The molecule has 1 N–H and O–H groups in total. The lowest BCUT2D eigenvalue weighted by atomic mass is 10.0. The molecular formula is C25H24F6N4O3S. The summed E-state index contributed by atoms with van der Waals surface area (Å²) in [6, 6.07) is 7.26. The van der Waals surface area contributed by atoms with Crippen LogP contribution in [0.5, 0.6) is 0 Å². The zero-order chi connectivity index (χ0) is 28.8. The molecule has 1 fully saturated rings. The minimum atomic E-state index is -4.73. The number of alkyl halides is 6. The van der Waals surface area contributed by atoms with Crippen LogP contribution >= 0.6 is 0 Å². The predicted molar refractivity (Wildman–Crippen MR) is 128 cm³/mol. The average molecular weight is 575 g/mol. The van der Waals surface area contributed by atoms with Gasteiger partial charge in [0.1, 0.15) is 16.9 Å². The minimum Gasteiger partial charge on any atom is -0.345 e. The summed E-state index contributed by atoms with van der Waals surface area (Å²) >= 11 is 0. The van der Waals surface area contributed by atoms with E-state index in [2.05, 4.69) is 15.3 Å². The van der Waals surface area contributed by atoms with Crippen molar-refractivity contribution in [3.8, 4) is 0 Å². The number of benzene rings is 1. The first-order valence-corrected chi connectivity index (χ1v) is 13.5. The molecule has 1 saturated carbocycles. The standard InChI is InChI=1S/C25H24F6N4O3S/c1-3-39(37,38)18-9-8-17(32-13-18)12-33-21(36)20-15(2)35(22(34-20)23(10-11-23)25(29,30)31)14-16-6-4-5-7-19(16)24(26,27)28/h4-9,13H,3,10-12,14H2,1-2H3,(H,33,36). The van der Waals surface area contributed by atoms with Crippen molar-refractivity contribution in [2.24, 2.45) is 0 Å².